The molecule has 0 saturated carbocycles. The van der Waals surface area contributed by atoms with Crippen LogP contribution < -0.4 is 9.47 Å². The van der Waals surface area contributed by atoms with Crippen molar-refractivity contribution in [2.45, 2.75) is 30.8 Å². The fourth-order valence-corrected chi connectivity index (χ4v) is 5.43. The molecule has 30 heavy (non-hydrogen) atoms. The van der Waals surface area contributed by atoms with Crippen LogP contribution in [0.5, 0.6) is 11.5 Å². The first kappa shape index (κ1) is 21.2. The molecule has 2 heterocycles. The molecule has 4 rings (SSSR count). The van der Waals surface area contributed by atoms with Gasteiger partial charge in [0.15, 0.2) is 11.5 Å². The number of carbonyl (C=O) groups excluding carboxylic acids is 1. The maximum Gasteiger partial charge on any atom is 0.340 e. The summed E-state index contributed by atoms with van der Waals surface area (Å²) in [6, 6.07) is 7.34. The number of esters is 1. The molecule has 0 radical (unpaired) electrons. The van der Waals surface area contributed by atoms with Gasteiger partial charge in [0.1, 0.15) is 6.61 Å². The summed E-state index contributed by atoms with van der Waals surface area (Å²) in [5.74, 6) is 0.191. The number of fused-ring (bicyclic) bond motifs is 1. The molecule has 0 unspecified atom stereocenters. The highest BCUT2D eigenvalue weighted by atomic mass is 35.5. The van der Waals surface area contributed by atoms with Gasteiger partial charge in [-0.05, 0) is 48.7 Å². The molecule has 0 amide bonds. The van der Waals surface area contributed by atoms with Gasteiger partial charge in [0.05, 0.1) is 20.5 Å². The standard InChI is InChI=1S/C20H19Cl2NO6S/c21-16-5-4-14(30(25,26)23-6-2-1-3-7-23)10-15(16)20(24)27-11-13-8-17(22)19-18(9-13)28-12-29-19/h4-5,8-10H,1-3,6-7,11-12H2. The lowest BCUT2D eigenvalue weighted by atomic mass is 10.2. The van der Waals surface area contributed by atoms with Crippen molar-refractivity contribution in [1.82, 2.24) is 4.31 Å². The monoisotopic (exact) mass is 471 g/mol. The lowest BCUT2D eigenvalue weighted by molar-refractivity contribution is 0.0472. The fraction of sp³-hybridized carbons (Fsp3) is 0.350. The number of sulfonamides is 1. The minimum atomic E-state index is -3.70. The van der Waals surface area contributed by atoms with Crippen LogP contribution in [0.15, 0.2) is 35.2 Å². The van der Waals surface area contributed by atoms with Gasteiger partial charge in [-0.2, -0.15) is 4.31 Å². The van der Waals surface area contributed by atoms with Crippen molar-refractivity contribution in [2.24, 2.45) is 0 Å². The van der Waals surface area contributed by atoms with E-state index in [1.165, 1.54) is 22.5 Å². The number of benzene rings is 2. The zero-order valence-corrected chi connectivity index (χ0v) is 18.2. The minimum absolute atomic E-state index is 0.0124. The third kappa shape index (κ3) is 4.23. The predicted octanol–water partition coefficient (Wildman–Crippen LogP) is 4.25. The van der Waals surface area contributed by atoms with E-state index in [0.717, 1.165) is 19.3 Å². The summed E-state index contributed by atoms with van der Waals surface area (Å²) in [6.07, 6.45) is 2.65. The third-order valence-corrected chi connectivity index (χ3v) is 7.47. The van der Waals surface area contributed by atoms with Gasteiger partial charge in [0.25, 0.3) is 0 Å². The smallest absolute Gasteiger partial charge is 0.340 e. The zero-order valence-electron chi connectivity index (χ0n) is 15.9. The van der Waals surface area contributed by atoms with Crippen molar-refractivity contribution in [1.29, 1.82) is 0 Å². The molecule has 0 aromatic heterocycles. The molecule has 2 aromatic carbocycles. The summed E-state index contributed by atoms with van der Waals surface area (Å²) >= 11 is 12.3. The molecule has 0 bridgehead atoms. The Labute approximate surface area is 184 Å². The molecule has 7 nitrogen and oxygen atoms in total. The predicted molar refractivity (Wildman–Crippen MR) is 111 cm³/mol. The second-order valence-corrected chi connectivity index (χ2v) is 9.75. The SMILES string of the molecule is O=C(OCc1cc(Cl)c2c(c1)OCO2)c1cc(S(=O)(=O)N2CCCCC2)ccc1Cl. The number of piperidine rings is 1. The number of nitrogens with zero attached hydrogens (tertiary/aromatic N) is 1. The summed E-state index contributed by atoms with van der Waals surface area (Å²) in [5.41, 5.74) is 0.590. The molecular weight excluding hydrogens is 453 g/mol. The molecule has 0 N–H and O–H groups in total. The Morgan fingerprint density at radius 2 is 1.80 bits per heavy atom. The van der Waals surface area contributed by atoms with Gasteiger partial charge in [-0.25, -0.2) is 13.2 Å². The molecule has 10 heteroatoms. The van der Waals surface area contributed by atoms with Crippen LogP contribution in [-0.2, 0) is 21.4 Å². The van der Waals surface area contributed by atoms with Gasteiger partial charge >= 0.3 is 5.97 Å². The van der Waals surface area contributed by atoms with E-state index in [0.29, 0.717) is 35.2 Å². The fourth-order valence-electron chi connectivity index (χ4n) is 3.41. The Morgan fingerprint density at radius 1 is 1.03 bits per heavy atom. The average molecular weight is 472 g/mol. The molecule has 2 aromatic rings. The Bertz CT molecular complexity index is 1080. The van der Waals surface area contributed by atoms with Crippen molar-refractivity contribution in [3.63, 3.8) is 0 Å². The van der Waals surface area contributed by atoms with Crippen LogP contribution >= 0.6 is 23.2 Å². The number of hydrogen-bond acceptors (Lipinski definition) is 6. The van der Waals surface area contributed by atoms with Crippen LogP contribution in [0.25, 0.3) is 0 Å². The molecule has 1 fully saturated rings. The van der Waals surface area contributed by atoms with Crippen molar-refractivity contribution < 1.29 is 27.4 Å². The van der Waals surface area contributed by atoms with Gasteiger partial charge in [-0.15, -0.1) is 0 Å². The number of hydrogen-bond donors (Lipinski definition) is 0. The van der Waals surface area contributed by atoms with Gasteiger partial charge in [-0.1, -0.05) is 29.6 Å². The van der Waals surface area contributed by atoms with Crippen LogP contribution in [0.1, 0.15) is 35.2 Å². The van der Waals surface area contributed by atoms with Crippen LogP contribution in [0, 0.1) is 0 Å². The van der Waals surface area contributed by atoms with Crippen LogP contribution in [-0.4, -0.2) is 38.6 Å². The topological polar surface area (TPSA) is 82.1 Å². The molecule has 1 saturated heterocycles. The van der Waals surface area contributed by atoms with E-state index in [-0.39, 0.29) is 28.9 Å². The first-order chi connectivity index (χ1) is 14.4. The Morgan fingerprint density at radius 3 is 2.57 bits per heavy atom. The van der Waals surface area contributed by atoms with Crippen molar-refractivity contribution >= 4 is 39.2 Å². The highest BCUT2D eigenvalue weighted by Gasteiger charge is 2.27. The molecular formula is C20H19Cl2NO6S. The van der Waals surface area contributed by atoms with E-state index >= 15 is 0 Å². The Kier molecular flexibility index (Phi) is 6.11. The van der Waals surface area contributed by atoms with Gasteiger partial charge in [-0.3, -0.25) is 0 Å². The Hall–Kier alpha value is -2.00. The average Bonchev–Trinajstić information content (AvgIpc) is 3.22. The summed E-state index contributed by atoms with van der Waals surface area (Å²) in [6.45, 7) is 0.923. The quantitative estimate of drug-likeness (QED) is 0.606. The van der Waals surface area contributed by atoms with E-state index < -0.39 is 16.0 Å². The second-order valence-electron chi connectivity index (χ2n) is 6.99. The van der Waals surface area contributed by atoms with Crippen LogP contribution in [0.4, 0.5) is 0 Å². The first-order valence-corrected chi connectivity index (χ1v) is 11.6. The lowest BCUT2D eigenvalue weighted by Gasteiger charge is -2.26. The van der Waals surface area contributed by atoms with Crippen molar-refractivity contribution in [3.05, 3.63) is 51.5 Å². The maximum absolute atomic E-state index is 12.9. The zero-order chi connectivity index (χ0) is 21.3. The molecule has 160 valence electrons. The lowest BCUT2D eigenvalue weighted by Crippen LogP contribution is -2.35. The summed E-state index contributed by atoms with van der Waals surface area (Å²) in [7, 11) is -3.70. The second kappa shape index (κ2) is 8.63. The van der Waals surface area contributed by atoms with Gasteiger partial charge in [0.2, 0.25) is 16.8 Å². The van der Waals surface area contributed by atoms with E-state index in [4.69, 9.17) is 37.4 Å². The van der Waals surface area contributed by atoms with E-state index in [2.05, 4.69) is 0 Å². The Balaban J connectivity index is 1.52. The highest BCUT2D eigenvalue weighted by Crippen LogP contribution is 2.40. The number of carbonyl (C=O) groups is 1. The van der Waals surface area contributed by atoms with E-state index in [9.17, 15) is 13.2 Å². The minimum Gasteiger partial charge on any atom is -0.457 e. The molecule has 2 aliphatic rings. The van der Waals surface area contributed by atoms with Crippen molar-refractivity contribution in [3.8, 4) is 11.5 Å². The molecule has 2 aliphatic heterocycles. The van der Waals surface area contributed by atoms with Gasteiger partial charge < -0.3 is 14.2 Å². The normalized spacial score (nSPS) is 16.5. The molecule has 0 aliphatic carbocycles. The number of halogens is 2. The maximum atomic E-state index is 12.9. The number of rotatable bonds is 5. The van der Waals surface area contributed by atoms with Crippen LogP contribution in [0.3, 0.4) is 0 Å². The molecule has 0 spiro atoms. The number of ether oxygens (including phenoxy) is 3. The summed E-state index contributed by atoms with van der Waals surface area (Å²) in [4.78, 5) is 12.6. The summed E-state index contributed by atoms with van der Waals surface area (Å²) < 4.78 is 43.1. The van der Waals surface area contributed by atoms with Crippen molar-refractivity contribution in [2.75, 3.05) is 19.9 Å². The highest BCUT2D eigenvalue weighted by molar-refractivity contribution is 7.89. The first-order valence-electron chi connectivity index (χ1n) is 9.41. The third-order valence-electron chi connectivity index (χ3n) is 4.97. The summed E-state index contributed by atoms with van der Waals surface area (Å²) in [5, 5.41) is 0.463. The molecule has 0 atom stereocenters. The van der Waals surface area contributed by atoms with E-state index in [1.54, 1.807) is 12.1 Å². The van der Waals surface area contributed by atoms with Gasteiger partial charge in [0, 0.05) is 13.1 Å². The van der Waals surface area contributed by atoms with E-state index in [1.807, 2.05) is 0 Å². The largest absolute Gasteiger partial charge is 0.457 e. The van der Waals surface area contributed by atoms with Crippen LogP contribution in [0.2, 0.25) is 10.0 Å².